The summed E-state index contributed by atoms with van der Waals surface area (Å²) in [6.45, 7) is 6.64. The van der Waals surface area contributed by atoms with Crippen LogP contribution in [0, 0.1) is 23.7 Å². The quantitative estimate of drug-likeness (QED) is 0.601. The molecule has 4 saturated carbocycles. The molecular formula is C32H39NO4. The lowest BCUT2D eigenvalue weighted by atomic mass is 9.31. The van der Waals surface area contributed by atoms with Gasteiger partial charge in [0.2, 0.25) is 0 Å². The molecule has 196 valence electrons. The summed E-state index contributed by atoms with van der Waals surface area (Å²) in [5.74, 6) is 1.79. The maximum absolute atomic E-state index is 12.3. The third kappa shape index (κ3) is 2.44. The van der Waals surface area contributed by atoms with Crippen molar-refractivity contribution in [3.8, 4) is 11.5 Å². The van der Waals surface area contributed by atoms with E-state index in [0.29, 0.717) is 11.8 Å². The SMILES string of the molecule is CO[C@]12CCC3(CC1(C)[C@H](O)c1ccccc1C)C1Cc4ccc(O)c5c4[C@@]3(CCN1CC1CC1)[C@@H]2O5. The van der Waals surface area contributed by atoms with Gasteiger partial charge in [-0.2, -0.15) is 0 Å². The fourth-order valence-corrected chi connectivity index (χ4v) is 10.4. The summed E-state index contributed by atoms with van der Waals surface area (Å²) in [6.07, 6.45) is 6.73. The molecule has 7 aliphatic rings. The summed E-state index contributed by atoms with van der Waals surface area (Å²) in [6, 6.07) is 12.7. The lowest BCUT2D eigenvalue weighted by molar-refractivity contribution is -0.324. The molecule has 2 N–H and O–H groups in total. The van der Waals surface area contributed by atoms with Crippen LogP contribution in [0.1, 0.15) is 73.8 Å². The Balaban J connectivity index is 1.37. The van der Waals surface area contributed by atoms with Crippen molar-refractivity contribution in [1.29, 1.82) is 0 Å². The number of piperidine rings is 1. The van der Waals surface area contributed by atoms with Gasteiger partial charge in [-0.1, -0.05) is 37.3 Å². The Labute approximate surface area is 219 Å². The van der Waals surface area contributed by atoms with E-state index in [1.807, 2.05) is 25.3 Å². The van der Waals surface area contributed by atoms with E-state index in [9.17, 15) is 10.2 Å². The van der Waals surface area contributed by atoms with Crippen LogP contribution in [0.25, 0.3) is 0 Å². The van der Waals surface area contributed by atoms with Crippen LogP contribution < -0.4 is 4.74 Å². The van der Waals surface area contributed by atoms with Crippen molar-refractivity contribution in [3.05, 3.63) is 58.7 Å². The van der Waals surface area contributed by atoms with Crippen LogP contribution in [0.3, 0.4) is 0 Å². The van der Waals surface area contributed by atoms with Gasteiger partial charge in [0.15, 0.2) is 11.5 Å². The van der Waals surface area contributed by atoms with Gasteiger partial charge in [-0.25, -0.2) is 0 Å². The fourth-order valence-electron chi connectivity index (χ4n) is 10.4. The summed E-state index contributed by atoms with van der Waals surface area (Å²) in [5.41, 5.74) is 3.35. The number of hydrogen-bond acceptors (Lipinski definition) is 5. The van der Waals surface area contributed by atoms with Gasteiger partial charge in [-0.05, 0) is 87.1 Å². The monoisotopic (exact) mass is 501 g/mol. The van der Waals surface area contributed by atoms with E-state index in [1.165, 1.54) is 30.5 Å². The van der Waals surface area contributed by atoms with Crippen LogP contribution in [-0.2, 0) is 16.6 Å². The molecule has 0 amide bonds. The van der Waals surface area contributed by atoms with Crippen LogP contribution in [0.4, 0.5) is 0 Å². The van der Waals surface area contributed by atoms with Gasteiger partial charge >= 0.3 is 0 Å². The second kappa shape index (κ2) is 7.11. The first kappa shape index (κ1) is 22.9. The molecule has 0 aromatic heterocycles. The fraction of sp³-hybridized carbons (Fsp3) is 0.625. The molecule has 4 bridgehead atoms. The van der Waals surface area contributed by atoms with E-state index in [-0.39, 0.29) is 22.7 Å². The van der Waals surface area contributed by atoms with Gasteiger partial charge in [0.25, 0.3) is 0 Å². The Bertz CT molecular complexity index is 1310. The number of aromatic hydroxyl groups is 1. The van der Waals surface area contributed by atoms with E-state index in [2.05, 4.69) is 36.9 Å². The van der Waals surface area contributed by atoms with E-state index in [1.54, 1.807) is 0 Å². The highest BCUT2D eigenvalue weighted by atomic mass is 16.6. The van der Waals surface area contributed by atoms with Crippen LogP contribution >= 0.6 is 0 Å². The molecule has 5 nitrogen and oxygen atoms in total. The maximum atomic E-state index is 12.3. The van der Waals surface area contributed by atoms with E-state index in [0.717, 1.165) is 55.7 Å². The highest BCUT2D eigenvalue weighted by Crippen LogP contribution is 2.80. The van der Waals surface area contributed by atoms with E-state index in [4.69, 9.17) is 9.47 Å². The molecule has 1 saturated heterocycles. The average Bonchev–Trinajstić information content (AvgIpc) is 3.64. The third-order valence-electron chi connectivity index (χ3n) is 12.2. The molecule has 2 aromatic rings. The normalized spacial score (nSPS) is 41.8. The van der Waals surface area contributed by atoms with Gasteiger partial charge < -0.3 is 19.7 Å². The van der Waals surface area contributed by atoms with Crippen molar-refractivity contribution in [3.63, 3.8) is 0 Å². The predicted molar refractivity (Wildman–Crippen MR) is 141 cm³/mol. The van der Waals surface area contributed by atoms with Crippen molar-refractivity contribution in [2.24, 2.45) is 16.7 Å². The molecule has 5 heteroatoms. The number of ether oxygens (including phenoxy) is 2. The Morgan fingerprint density at radius 3 is 2.70 bits per heavy atom. The van der Waals surface area contributed by atoms with Crippen LogP contribution in [0.15, 0.2) is 36.4 Å². The number of aliphatic hydroxyl groups is 1. The van der Waals surface area contributed by atoms with Crippen LogP contribution in [-0.4, -0.2) is 53.1 Å². The number of nitrogens with zero attached hydrogens (tertiary/aromatic N) is 1. The van der Waals surface area contributed by atoms with Crippen LogP contribution in [0.5, 0.6) is 11.5 Å². The first-order valence-corrected chi connectivity index (χ1v) is 14.4. The Morgan fingerprint density at radius 2 is 1.95 bits per heavy atom. The molecule has 7 atom stereocenters. The topological polar surface area (TPSA) is 62.2 Å². The van der Waals surface area contributed by atoms with Crippen molar-refractivity contribution >= 4 is 0 Å². The van der Waals surface area contributed by atoms with Crippen molar-refractivity contribution in [1.82, 2.24) is 4.90 Å². The first-order chi connectivity index (χ1) is 17.8. The number of likely N-dealkylation sites (tertiary alicyclic amines) is 1. The molecule has 2 aromatic carbocycles. The second-order valence-electron chi connectivity index (χ2n) is 13.4. The molecular weight excluding hydrogens is 462 g/mol. The minimum absolute atomic E-state index is 0.0183. The van der Waals surface area contributed by atoms with Crippen molar-refractivity contribution in [2.45, 2.75) is 88.1 Å². The summed E-state index contributed by atoms with van der Waals surface area (Å²) < 4.78 is 13.6. The van der Waals surface area contributed by atoms with E-state index < -0.39 is 17.1 Å². The molecule has 5 aliphatic carbocycles. The minimum atomic E-state index is -0.664. The molecule has 0 radical (unpaired) electrons. The number of phenolic OH excluding ortho intramolecular Hbond substituents is 1. The molecule has 5 fully saturated rings. The Morgan fingerprint density at radius 1 is 1.14 bits per heavy atom. The minimum Gasteiger partial charge on any atom is -0.504 e. The molecule has 3 unspecified atom stereocenters. The lowest BCUT2D eigenvalue weighted by Crippen LogP contribution is -2.83. The van der Waals surface area contributed by atoms with Gasteiger partial charge in [-0.3, -0.25) is 4.90 Å². The summed E-state index contributed by atoms with van der Waals surface area (Å²) in [7, 11) is 1.83. The zero-order valence-electron chi connectivity index (χ0n) is 22.3. The zero-order chi connectivity index (χ0) is 25.4. The number of benzene rings is 2. The predicted octanol–water partition coefficient (Wildman–Crippen LogP) is 5.05. The smallest absolute Gasteiger partial charge is 0.165 e. The van der Waals surface area contributed by atoms with Crippen LogP contribution in [0.2, 0.25) is 0 Å². The second-order valence-corrected chi connectivity index (χ2v) is 13.4. The number of hydrogen-bond donors (Lipinski definition) is 2. The van der Waals surface area contributed by atoms with E-state index >= 15 is 0 Å². The number of aliphatic hydroxyl groups excluding tert-OH is 1. The number of aryl methyl sites for hydroxylation is 1. The molecule has 2 aliphatic heterocycles. The van der Waals surface area contributed by atoms with Gasteiger partial charge in [0, 0.05) is 41.5 Å². The van der Waals surface area contributed by atoms with Gasteiger partial charge in [0.05, 0.1) is 6.10 Å². The molecule has 9 rings (SSSR count). The van der Waals surface area contributed by atoms with Gasteiger partial charge in [0.1, 0.15) is 11.7 Å². The lowest BCUT2D eigenvalue weighted by Gasteiger charge is -2.77. The average molecular weight is 502 g/mol. The Kier molecular flexibility index (Phi) is 4.39. The maximum Gasteiger partial charge on any atom is 0.165 e. The highest BCUT2D eigenvalue weighted by molar-refractivity contribution is 5.63. The van der Waals surface area contributed by atoms with Crippen molar-refractivity contribution in [2.75, 3.05) is 20.2 Å². The summed E-state index contributed by atoms with van der Waals surface area (Å²) in [5, 5.41) is 23.4. The number of methoxy groups -OCH3 is 1. The molecule has 2 spiro atoms. The molecule has 37 heavy (non-hydrogen) atoms. The zero-order valence-corrected chi connectivity index (χ0v) is 22.3. The standard InChI is InChI=1S/C32H39NO4/c1-19-6-4-5-7-22(19)27(35)29(2)18-30-12-13-32(29,36-3)28-31(30)14-15-33(17-20-8-9-20)24(30)16-21-10-11-23(34)26(37-28)25(21)31/h4-7,10-11,20,24,27-28,34-35H,8-9,12-18H2,1-3H3/t24?,27-,28+,29?,30?,31+,32+/m1/s1. The summed E-state index contributed by atoms with van der Waals surface area (Å²) >= 11 is 0. The number of phenols is 1. The Hall–Kier alpha value is -2.08. The first-order valence-electron chi connectivity index (χ1n) is 14.4. The number of fused-ring (bicyclic) bond motifs is 2. The third-order valence-corrected chi connectivity index (χ3v) is 12.2. The molecule has 2 heterocycles. The van der Waals surface area contributed by atoms with Crippen molar-refractivity contribution < 1.29 is 19.7 Å². The largest absolute Gasteiger partial charge is 0.504 e. The number of rotatable bonds is 5. The summed E-state index contributed by atoms with van der Waals surface area (Å²) in [4.78, 5) is 2.82. The van der Waals surface area contributed by atoms with Gasteiger partial charge in [-0.15, -0.1) is 0 Å². The highest BCUT2D eigenvalue weighted by Gasteiger charge is 2.84.